The van der Waals surface area contributed by atoms with Crippen molar-refractivity contribution in [3.63, 3.8) is 0 Å². The Hall–Kier alpha value is -3.14. The molecule has 0 aromatic heterocycles. The highest BCUT2D eigenvalue weighted by molar-refractivity contribution is 7.92. The lowest BCUT2D eigenvalue weighted by molar-refractivity contribution is -0.140. The Bertz CT molecular complexity index is 1420. The smallest absolute Gasteiger partial charge is 0.244 e. The molecule has 0 saturated heterocycles. The Morgan fingerprint density at radius 3 is 2.15 bits per heavy atom. The van der Waals surface area contributed by atoms with Crippen molar-refractivity contribution in [2.75, 3.05) is 23.7 Å². The van der Waals surface area contributed by atoms with Gasteiger partial charge in [0, 0.05) is 35.1 Å². The van der Waals surface area contributed by atoms with Crippen molar-refractivity contribution in [3.8, 4) is 0 Å². The normalized spacial score (nSPS) is 12.2. The minimum absolute atomic E-state index is 0.0181. The van der Waals surface area contributed by atoms with Crippen LogP contribution < -0.4 is 9.62 Å². The minimum atomic E-state index is -4.01. The maximum atomic E-state index is 14.0. The number of nitrogens with zero attached hydrogens (tertiary/aromatic N) is 2. The molecule has 11 heteroatoms. The van der Waals surface area contributed by atoms with Crippen LogP contribution in [-0.4, -0.2) is 50.5 Å². The summed E-state index contributed by atoms with van der Waals surface area (Å²) in [6, 6.07) is 18.0. The van der Waals surface area contributed by atoms with E-state index < -0.39 is 40.2 Å². The van der Waals surface area contributed by atoms with Crippen LogP contribution in [0.2, 0.25) is 10.0 Å². The highest BCUT2D eigenvalue weighted by Gasteiger charge is 2.33. The highest BCUT2D eigenvalue weighted by Crippen LogP contribution is 2.28. The molecule has 40 heavy (non-hydrogen) atoms. The molecule has 0 radical (unpaired) electrons. The van der Waals surface area contributed by atoms with Gasteiger partial charge in [-0.2, -0.15) is 0 Å². The lowest BCUT2D eigenvalue weighted by Crippen LogP contribution is -2.53. The first-order valence-electron chi connectivity index (χ1n) is 12.6. The summed E-state index contributed by atoms with van der Waals surface area (Å²) in [5, 5.41) is 3.47. The summed E-state index contributed by atoms with van der Waals surface area (Å²) in [5.74, 6) is -1.61. The fourth-order valence-electron chi connectivity index (χ4n) is 4.08. The van der Waals surface area contributed by atoms with Crippen LogP contribution in [0.15, 0.2) is 72.8 Å². The SMILES string of the molecule is CC(C)CNC(=O)C(Cc1ccccc1)N(Cc1c(Cl)cccc1Cl)C(=O)CN(c1cccc(F)c1)S(C)(=O)=O. The molecule has 214 valence electrons. The summed E-state index contributed by atoms with van der Waals surface area (Å²) in [4.78, 5) is 28.9. The number of hydrogen-bond acceptors (Lipinski definition) is 4. The first-order valence-corrected chi connectivity index (χ1v) is 15.2. The van der Waals surface area contributed by atoms with E-state index in [0.717, 1.165) is 22.2 Å². The molecule has 3 aromatic carbocycles. The maximum Gasteiger partial charge on any atom is 0.244 e. The largest absolute Gasteiger partial charge is 0.354 e. The molecule has 1 N–H and O–H groups in total. The summed E-state index contributed by atoms with van der Waals surface area (Å²) >= 11 is 12.9. The number of rotatable bonds is 12. The summed E-state index contributed by atoms with van der Waals surface area (Å²) in [6.07, 6.45) is 1.08. The Morgan fingerprint density at radius 2 is 1.57 bits per heavy atom. The van der Waals surface area contributed by atoms with Gasteiger partial charge in [-0.3, -0.25) is 13.9 Å². The summed E-state index contributed by atoms with van der Waals surface area (Å²) in [7, 11) is -4.01. The van der Waals surface area contributed by atoms with Crippen molar-refractivity contribution < 1.29 is 22.4 Å². The van der Waals surface area contributed by atoms with Gasteiger partial charge in [0.15, 0.2) is 0 Å². The fraction of sp³-hybridized carbons (Fsp3) is 0.310. The van der Waals surface area contributed by atoms with Gasteiger partial charge in [-0.15, -0.1) is 0 Å². The molecular formula is C29H32Cl2FN3O4S. The summed E-state index contributed by atoms with van der Waals surface area (Å²) in [5.41, 5.74) is 1.18. The molecule has 3 aromatic rings. The number of halogens is 3. The van der Waals surface area contributed by atoms with E-state index in [2.05, 4.69) is 5.32 Å². The second kappa shape index (κ2) is 14.0. The number of amides is 2. The van der Waals surface area contributed by atoms with Crippen LogP contribution in [0.5, 0.6) is 0 Å². The molecular weight excluding hydrogens is 576 g/mol. The number of sulfonamides is 1. The van der Waals surface area contributed by atoms with Gasteiger partial charge in [0.25, 0.3) is 0 Å². The molecule has 0 saturated carbocycles. The molecule has 2 amide bonds. The molecule has 1 atom stereocenters. The first kappa shape index (κ1) is 31.4. The third-order valence-corrected chi connectivity index (χ3v) is 7.97. The number of carbonyl (C=O) groups is 2. The average Bonchev–Trinajstić information content (AvgIpc) is 2.89. The Kier molecular flexibility index (Phi) is 11.0. The van der Waals surface area contributed by atoms with Crippen molar-refractivity contribution in [1.29, 1.82) is 0 Å². The van der Waals surface area contributed by atoms with Gasteiger partial charge in [-0.05, 0) is 41.8 Å². The maximum absolute atomic E-state index is 14.0. The van der Waals surface area contributed by atoms with Crippen molar-refractivity contribution in [2.45, 2.75) is 32.9 Å². The predicted molar refractivity (Wildman–Crippen MR) is 157 cm³/mol. The van der Waals surface area contributed by atoms with Gasteiger partial charge in [-0.1, -0.05) is 79.5 Å². The molecule has 0 aliphatic carbocycles. The van der Waals surface area contributed by atoms with E-state index in [1.54, 1.807) is 18.2 Å². The van der Waals surface area contributed by atoms with E-state index >= 15 is 0 Å². The number of benzene rings is 3. The second-order valence-electron chi connectivity index (χ2n) is 9.82. The molecule has 0 bridgehead atoms. The van der Waals surface area contributed by atoms with Crippen LogP contribution >= 0.6 is 23.2 Å². The topological polar surface area (TPSA) is 86.8 Å². The molecule has 0 fully saturated rings. The zero-order valence-corrected chi connectivity index (χ0v) is 24.8. The van der Waals surface area contributed by atoms with Gasteiger partial charge < -0.3 is 10.2 Å². The standard InChI is InChI=1S/C29H32Cl2FN3O4S/c1-20(2)17-33-29(37)27(15-21-9-5-4-6-10-21)34(18-24-25(30)13-8-14-26(24)31)28(36)19-35(40(3,38)39)23-12-7-11-22(32)16-23/h4-14,16,20,27H,15,17-19H2,1-3H3,(H,33,37). The number of anilines is 1. The molecule has 7 nitrogen and oxygen atoms in total. The van der Waals surface area contributed by atoms with Crippen molar-refractivity contribution in [1.82, 2.24) is 10.2 Å². The number of carbonyl (C=O) groups excluding carboxylic acids is 2. The molecule has 0 aliphatic rings. The number of hydrogen-bond donors (Lipinski definition) is 1. The highest BCUT2D eigenvalue weighted by atomic mass is 35.5. The third kappa shape index (κ3) is 8.68. The zero-order chi connectivity index (χ0) is 29.4. The van der Waals surface area contributed by atoms with Crippen LogP contribution in [0.4, 0.5) is 10.1 Å². The Labute approximate surface area is 244 Å². The molecule has 0 heterocycles. The van der Waals surface area contributed by atoms with E-state index in [-0.39, 0.29) is 34.6 Å². The molecule has 3 rings (SSSR count). The minimum Gasteiger partial charge on any atom is -0.354 e. The third-order valence-electron chi connectivity index (χ3n) is 6.12. The monoisotopic (exact) mass is 607 g/mol. The lowest BCUT2D eigenvalue weighted by Gasteiger charge is -2.34. The zero-order valence-electron chi connectivity index (χ0n) is 22.5. The van der Waals surface area contributed by atoms with Crippen molar-refractivity contribution >= 4 is 50.7 Å². The quantitative estimate of drug-likeness (QED) is 0.302. The van der Waals surface area contributed by atoms with Crippen molar-refractivity contribution in [3.05, 3.63) is 99.8 Å². The lowest BCUT2D eigenvalue weighted by atomic mass is 10.0. The molecule has 0 aliphatic heterocycles. The van der Waals surface area contributed by atoms with Gasteiger partial charge in [0.2, 0.25) is 21.8 Å². The van der Waals surface area contributed by atoms with Gasteiger partial charge in [0.05, 0.1) is 11.9 Å². The van der Waals surface area contributed by atoms with E-state index in [1.807, 2.05) is 44.2 Å². The second-order valence-corrected chi connectivity index (χ2v) is 12.5. The van der Waals surface area contributed by atoms with Crippen molar-refractivity contribution in [2.24, 2.45) is 5.92 Å². The Morgan fingerprint density at radius 1 is 0.950 bits per heavy atom. The van der Waals surface area contributed by atoms with Gasteiger partial charge in [-0.25, -0.2) is 12.8 Å². The Balaban J connectivity index is 2.09. The average molecular weight is 609 g/mol. The van der Waals surface area contributed by atoms with E-state index in [4.69, 9.17) is 23.2 Å². The summed E-state index contributed by atoms with van der Waals surface area (Å²) < 4.78 is 40.3. The predicted octanol–water partition coefficient (Wildman–Crippen LogP) is 5.31. The van der Waals surface area contributed by atoms with Crippen LogP contribution in [0.1, 0.15) is 25.0 Å². The molecule has 0 spiro atoms. The van der Waals surface area contributed by atoms with Crippen LogP contribution in [0, 0.1) is 11.7 Å². The fourth-order valence-corrected chi connectivity index (χ4v) is 5.43. The molecule has 1 unspecified atom stereocenters. The first-order chi connectivity index (χ1) is 18.9. The van der Waals surface area contributed by atoms with E-state index in [9.17, 15) is 22.4 Å². The van der Waals surface area contributed by atoms with Gasteiger partial charge in [0.1, 0.15) is 18.4 Å². The van der Waals surface area contributed by atoms with Gasteiger partial charge >= 0.3 is 0 Å². The van der Waals surface area contributed by atoms with Crippen LogP contribution in [0.25, 0.3) is 0 Å². The van der Waals surface area contributed by atoms with Crippen LogP contribution in [-0.2, 0) is 32.6 Å². The number of nitrogens with one attached hydrogen (secondary N) is 1. The van der Waals surface area contributed by atoms with E-state index in [1.165, 1.54) is 23.1 Å². The van der Waals surface area contributed by atoms with E-state index in [0.29, 0.717) is 12.1 Å². The van der Waals surface area contributed by atoms with Crippen LogP contribution in [0.3, 0.4) is 0 Å². The summed E-state index contributed by atoms with van der Waals surface area (Å²) in [6.45, 7) is 3.43.